The van der Waals surface area contributed by atoms with Gasteiger partial charge in [-0.15, -0.1) is 0 Å². The van der Waals surface area contributed by atoms with Crippen LogP contribution in [0.4, 0.5) is 0 Å². The standard InChI is InChI=1S/C10H20N2/c1-8-6-10(7-8)12-5-4-11-9-2-3-9/h8-12H,2-7H2,1H3. The molecule has 2 saturated carbocycles. The van der Waals surface area contributed by atoms with Crippen molar-refractivity contribution in [3.63, 3.8) is 0 Å². The van der Waals surface area contributed by atoms with Gasteiger partial charge in [0.1, 0.15) is 0 Å². The van der Waals surface area contributed by atoms with E-state index in [1.807, 2.05) is 0 Å². The van der Waals surface area contributed by atoms with Crippen molar-refractivity contribution in [3.05, 3.63) is 0 Å². The normalized spacial score (nSPS) is 34.8. The predicted molar refractivity (Wildman–Crippen MR) is 51.2 cm³/mol. The molecule has 0 aromatic rings. The van der Waals surface area contributed by atoms with Gasteiger partial charge in [0.15, 0.2) is 0 Å². The number of hydrogen-bond acceptors (Lipinski definition) is 2. The molecule has 70 valence electrons. The van der Waals surface area contributed by atoms with Crippen LogP contribution in [0, 0.1) is 5.92 Å². The van der Waals surface area contributed by atoms with Crippen LogP contribution in [0.1, 0.15) is 32.6 Å². The fourth-order valence-corrected chi connectivity index (χ4v) is 1.91. The van der Waals surface area contributed by atoms with E-state index in [4.69, 9.17) is 0 Å². The summed E-state index contributed by atoms with van der Waals surface area (Å²) < 4.78 is 0. The summed E-state index contributed by atoms with van der Waals surface area (Å²) in [6, 6.07) is 1.70. The van der Waals surface area contributed by atoms with Crippen LogP contribution < -0.4 is 10.6 Å². The predicted octanol–water partition coefficient (Wildman–Crippen LogP) is 1.13. The smallest absolute Gasteiger partial charge is 0.00794 e. The quantitative estimate of drug-likeness (QED) is 0.601. The number of rotatable bonds is 5. The Morgan fingerprint density at radius 2 is 1.58 bits per heavy atom. The lowest BCUT2D eigenvalue weighted by atomic mass is 9.82. The van der Waals surface area contributed by atoms with E-state index < -0.39 is 0 Å². The molecule has 0 radical (unpaired) electrons. The Morgan fingerprint density at radius 3 is 2.08 bits per heavy atom. The molecule has 12 heavy (non-hydrogen) atoms. The maximum atomic E-state index is 3.57. The summed E-state index contributed by atoms with van der Waals surface area (Å²) in [5, 5.41) is 7.08. The highest BCUT2D eigenvalue weighted by molar-refractivity contribution is 4.84. The van der Waals surface area contributed by atoms with Crippen molar-refractivity contribution >= 4 is 0 Å². The summed E-state index contributed by atoms with van der Waals surface area (Å²) in [7, 11) is 0. The molecular weight excluding hydrogens is 148 g/mol. The second-order valence-electron chi connectivity index (χ2n) is 4.46. The topological polar surface area (TPSA) is 24.1 Å². The van der Waals surface area contributed by atoms with E-state index in [0.29, 0.717) is 0 Å². The van der Waals surface area contributed by atoms with Gasteiger partial charge in [-0.05, 0) is 31.6 Å². The molecule has 0 aliphatic heterocycles. The van der Waals surface area contributed by atoms with Gasteiger partial charge in [-0.25, -0.2) is 0 Å². The molecule has 2 heteroatoms. The maximum Gasteiger partial charge on any atom is 0.00794 e. The Labute approximate surface area is 75.1 Å². The summed E-state index contributed by atoms with van der Waals surface area (Å²) in [5.74, 6) is 0.971. The molecule has 0 bridgehead atoms. The van der Waals surface area contributed by atoms with Crippen molar-refractivity contribution in [2.24, 2.45) is 5.92 Å². The Bertz CT molecular complexity index is 137. The third kappa shape index (κ3) is 2.46. The Balaban J connectivity index is 1.41. The largest absolute Gasteiger partial charge is 0.313 e. The zero-order valence-electron chi connectivity index (χ0n) is 7.97. The van der Waals surface area contributed by atoms with Crippen LogP contribution in [0.5, 0.6) is 0 Å². The van der Waals surface area contributed by atoms with Gasteiger partial charge in [-0.1, -0.05) is 6.92 Å². The highest BCUT2D eigenvalue weighted by atomic mass is 15.0. The molecule has 2 aliphatic carbocycles. The average Bonchev–Trinajstić information content (AvgIpc) is 2.77. The summed E-state index contributed by atoms with van der Waals surface area (Å²) in [6.45, 7) is 4.66. The zero-order valence-corrected chi connectivity index (χ0v) is 7.97. The third-order valence-electron chi connectivity index (χ3n) is 2.94. The lowest BCUT2D eigenvalue weighted by Gasteiger charge is -2.33. The third-order valence-corrected chi connectivity index (χ3v) is 2.94. The van der Waals surface area contributed by atoms with Crippen molar-refractivity contribution in [2.75, 3.05) is 13.1 Å². The first-order chi connectivity index (χ1) is 5.84. The zero-order chi connectivity index (χ0) is 8.39. The van der Waals surface area contributed by atoms with Crippen LogP contribution in [0.2, 0.25) is 0 Å². The molecule has 0 saturated heterocycles. The fraction of sp³-hybridized carbons (Fsp3) is 1.00. The Hall–Kier alpha value is -0.0800. The average molecular weight is 168 g/mol. The molecule has 0 atom stereocenters. The van der Waals surface area contributed by atoms with Gasteiger partial charge in [-0.2, -0.15) is 0 Å². The molecule has 0 heterocycles. The molecule has 2 nitrogen and oxygen atoms in total. The van der Waals surface area contributed by atoms with Crippen LogP contribution in [-0.2, 0) is 0 Å². The maximum absolute atomic E-state index is 3.57. The summed E-state index contributed by atoms with van der Waals surface area (Å²) in [4.78, 5) is 0. The first-order valence-corrected chi connectivity index (χ1v) is 5.31. The first kappa shape index (κ1) is 8.52. The molecule has 2 rings (SSSR count). The van der Waals surface area contributed by atoms with E-state index in [1.54, 1.807) is 0 Å². The lowest BCUT2D eigenvalue weighted by molar-refractivity contribution is 0.242. The van der Waals surface area contributed by atoms with E-state index in [9.17, 15) is 0 Å². The van der Waals surface area contributed by atoms with Gasteiger partial charge in [0.05, 0.1) is 0 Å². The minimum absolute atomic E-state index is 0.834. The summed E-state index contributed by atoms with van der Waals surface area (Å²) in [6.07, 6.45) is 5.59. The van der Waals surface area contributed by atoms with Crippen molar-refractivity contribution in [1.82, 2.24) is 10.6 Å². The SMILES string of the molecule is CC1CC(NCCNC2CC2)C1. The molecule has 2 N–H and O–H groups in total. The minimum Gasteiger partial charge on any atom is -0.313 e. The monoisotopic (exact) mass is 168 g/mol. The molecule has 2 aliphatic rings. The van der Waals surface area contributed by atoms with Crippen LogP contribution in [0.3, 0.4) is 0 Å². The van der Waals surface area contributed by atoms with E-state index >= 15 is 0 Å². The van der Waals surface area contributed by atoms with Crippen molar-refractivity contribution in [2.45, 2.75) is 44.7 Å². The van der Waals surface area contributed by atoms with Crippen LogP contribution in [0.25, 0.3) is 0 Å². The molecule has 0 amide bonds. The van der Waals surface area contributed by atoms with E-state index in [0.717, 1.165) is 31.1 Å². The van der Waals surface area contributed by atoms with Crippen molar-refractivity contribution in [1.29, 1.82) is 0 Å². The van der Waals surface area contributed by atoms with Gasteiger partial charge in [-0.3, -0.25) is 0 Å². The summed E-state index contributed by atoms with van der Waals surface area (Å²) >= 11 is 0. The molecule has 0 spiro atoms. The molecule has 0 aromatic heterocycles. The van der Waals surface area contributed by atoms with Gasteiger partial charge in [0.2, 0.25) is 0 Å². The van der Waals surface area contributed by atoms with E-state index in [-0.39, 0.29) is 0 Å². The van der Waals surface area contributed by atoms with Gasteiger partial charge < -0.3 is 10.6 Å². The van der Waals surface area contributed by atoms with E-state index in [2.05, 4.69) is 17.6 Å². The molecule has 0 aromatic carbocycles. The van der Waals surface area contributed by atoms with Crippen LogP contribution in [0.15, 0.2) is 0 Å². The van der Waals surface area contributed by atoms with Crippen LogP contribution >= 0.6 is 0 Å². The van der Waals surface area contributed by atoms with Gasteiger partial charge >= 0.3 is 0 Å². The summed E-state index contributed by atoms with van der Waals surface area (Å²) in [5.41, 5.74) is 0. The van der Waals surface area contributed by atoms with Gasteiger partial charge in [0, 0.05) is 25.2 Å². The molecule has 0 unspecified atom stereocenters. The number of hydrogen-bond donors (Lipinski definition) is 2. The molecule has 2 fully saturated rings. The number of nitrogens with one attached hydrogen (secondary N) is 2. The lowest BCUT2D eigenvalue weighted by Crippen LogP contribution is -2.43. The van der Waals surface area contributed by atoms with Crippen LogP contribution in [-0.4, -0.2) is 25.2 Å². The highest BCUT2D eigenvalue weighted by Crippen LogP contribution is 2.25. The van der Waals surface area contributed by atoms with Crippen molar-refractivity contribution < 1.29 is 0 Å². The fourth-order valence-electron chi connectivity index (χ4n) is 1.91. The molecular formula is C10H20N2. The Morgan fingerprint density at radius 1 is 1.00 bits per heavy atom. The van der Waals surface area contributed by atoms with E-state index in [1.165, 1.54) is 25.7 Å². The highest BCUT2D eigenvalue weighted by Gasteiger charge is 2.24. The minimum atomic E-state index is 0.834. The second kappa shape index (κ2) is 3.75. The van der Waals surface area contributed by atoms with Crippen molar-refractivity contribution in [3.8, 4) is 0 Å². The second-order valence-corrected chi connectivity index (χ2v) is 4.46. The van der Waals surface area contributed by atoms with Gasteiger partial charge in [0.25, 0.3) is 0 Å². The first-order valence-electron chi connectivity index (χ1n) is 5.31. The Kier molecular flexibility index (Phi) is 2.66.